The fourth-order valence-electron chi connectivity index (χ4n) is 1.42. The van der Waals surface area contributed by atoms with Crippen molar-refractivity contribution in [1.29, 1.82) is 0 Å². The number of carboxylic acid groups (broad SMARTS) is 1. The molecule has 0 aliphatic heterocycles. The largest absolute Gasteiger partial charge is 0.480 e. The lowest BCUT2D eigenvalue weighted by Crippen LogP contribution is -2.49. The quantitative estimate of drug-likeness (QED) is 0.812. The molecule has 0 unspecified atom stereocenters. The van der Waals surface area contributed by atoms with Crippen molar-refractivity contribution in [2.75, 3.05) is 18.6 Å². The molecular weight excluding hydrogens is 262 g/mol. The number of ether oxygens (including phenoxy) is 1. The lowest BCUT2D eigenvalue weighted by Gasteiger charge is -2.31. The minimum atomic E-state index is -1.15. The molecule has 0 atom stereocenters. The van der Waals surface area contributed by atoms with Gasteiger partial charge < -0.3 is 14.7 Å². The summed E-state index contributed by atoms with van der Waals surface area (Å²) in [6.07, 6.45) is 1.35. The number of aryl methyl sites for hydroxylation is 1. The van der Waals surface area contributed by atoms with Crippen molar-refractivity contribution in [3.8, 4) is 0 Å². The minimum Gasteiger partial charge on any atom is -0.480 e. The van der Waals surface area contributed by atoms with Crippen molar-refractivity contribution in [2.45, 2.75) is 33.2 Å². The summed E-state index contributed by atoms with van der Waals surface area (Å²) in [4.78, 5) is 32.5. The summed E-state index contributed by atoms with van der Waals surface area (Å²) in [7, 11) is 1.59. The third kappa shape index (κ3) is 3.04. The van der Waals surface area contributed by atoms with Gasteiger partial charge in [0.25, 0.3) is 0 Å². The molecule has 0 saturated carbocycles. The molecule has 0 aliphatic carbocycles. The van der Waals surface area contributed by atoms with Gasteiger partial charge in [-0.25, -0.2) is 19.6 Å². The number of aliphatic carboxylic acids is 1. The number of nitrogens with zero attached hydrogens (tertiary/aromatic N) is 3. The van der Waals surface area contributed by atoms with E-state index in [0.29, 0.717) is 5.69 Å². The molecule has 1 aromatic heterocycles. The number of carbonyl (C=O) groups is 2. The van der Waals surface area contributed by atoms with E-state index in [1.807, 2.05) is 0 Å². The first-order chi connectivity index (χ1) is 9.21. The Morgan fingerprint density at radius 2 is 2.05 bits per heavy atom. The first-order valence-electron chi connectivity index (χ1n) is 6.19. The number of hydrogen-bond acceptors (Lipinski definition) is 6. The molecule has 0 spiro atoms. The van der Waals surface area contributed by atoms with Crippen LogP contribution >= 0.6 is 0 Å². The van der Waals surface area contributed by atoms with E-state index in [1.54, 1.807) is 34.7 Å². The number of esters is 1. The maximum Gasteiger partial charge on any atom is 0.341 e. The molecule has 1 heterocycles. The van der Waals surface area contributed by atoms with E-state index in [9.17, 15) is 14.7 Å². The van der Waals surface area contributed by atoms with Crippen LogP contribution in [-0.4, -0.2) is 46.2 Å². The minimum absolute atomic E-state index is 0.239. The normalized spacial score (nSPS) is 11.1. The highest BCUT2D eigenvalue weighted by atomic mass is 16.5. The average Bonchev–Trinajstić information content (AvgIpc) is 2.37. The van der Waals surface area contributed by atoms with E-state index in [4.69, 9.17) is 4.74 Å². The van der Waals surface area contributed by atoms with E-state index in [-0.39, 0.29) is 18.1 Å². The van der Waals surface area contributed by atoms with Crippen molar-refractivity contribution >= 4 is 17.9 Å². The van der Waals surface area contributed by atoms with Gasteiger partial charge in [-0.05, 0) is 27.7 Å². The van der Waals surface area contributed by atoms with Crippen LogP contribution in [-0.2, 0) is 9.53 Å². The Kier molecular flexibility index (Phi) is 4.65. The van der Waals surface area contributed by atoms with Crippen LogP contribution in [0.5, 0.6) is 0 Å². The predicted octanol–water partition coefficient (Wildman–Crippen LogP) is 1.26. The Hall–Kier alpha value is -2.18. The van der Waals surface area contributed by atoms with Crippen LogP contribution in [0.2, 0.25) is 0 Å². The number of anilines is 1. The van der Waals surface area contributed by atoms with Gasteiger partial charge in [-0.15, -0.1) is 0 Å². The van der Waals surface area contributed by atoms with Gasteiger partial charge in [0.2, 0.25) is 5.95 Å². The van der Waals surface area contributed by atoms with Crippen LogP contribution in [0.15, 0.2) is 6.20 Å². The fourth-order valence-corrected chi connectivity index (χ4v) is 1.42. The Morgan fingerprint density at radius 3 is 2.50 bits per heavy atom. The van der Waals surface area contributed by atoms with Gasteiger partial charge in [0.05, 0.1) is 17.9 Å². The Labute approximate surface area is 117 Å². The molecule has 0 saturated heterocycles. The van der Waals surface area contributed by atoms with Crippen molar-refractivity contribution in [1.82, 2.24) is 9.97 Å². The van der Waals surface area contributed by atoms with Gasteiger partial charge in [-0.3, -0.25) is 0 Å². The first-order valence-corrected chi connectivity index (χ1v) is 6.19. The Morgan fingerprint density at radius 1 is 1.45 bits per heavy atom. The zero-order valence-electron chi connectivity index (χ0n) is 12.3. The van der Waals surface area contributed by atoms with Crippen molar-refractivity contribution in [3.63, 3.8) is 0 Å². The maximum atomic E-state index is 11.6. The Bertz CT molecular complexity index is 528. The SMILES string of the molecule is CCOC(=O)c1cnc(N(C)C(C)(C)C(=O)O)nc1C. The second-order valence-corrected chi connectivity index (χ2v) is 4.81. The predicted molar refractivity (Wildman–Crippen MR) is 72.8 cm³/mol. The highest BCUT2D eigenvalue weighted by Gasteiger charge is 2.34. The molecule has 1 N–H and O–H groups in total. The molecular formula is C13H19N3O4. The summed E-state index contributed by atoms with van der Waals surface area (Å²) >= 11 is 0. The first kappa shape index (κ1) is 15.9. The number of aromatic nitrogens is 2. The third-order valence-electron chi connectivity index (χ3n) is 3.12. The highest BCUT2D eigenvalue weighted by molar-refractivity contribution is 5.90. The second kappa shape index (κ2) is 5.85. The zero-order valence-corrected chi connectivity index (χ0v) is 12.3. The molecule has 0 amide bonds. The molecule has 1 rings (SSSR count). The van der Waals surface area contributed by atoms with Gasteiger partial charge in [-0.2, -0.15) is 0 Å². The molecule has 7 heteroatoms. The molecule has 110 valence electrons. The summed E-state index contributed by atoms with van der Waals surface area (Å²) in [6.45, 7) is 6.73. The average molecular weight is 281 g/mol. The van der Waals surface area contributed by atoms with Crippen LogP contribution in [0.4, 0.5) is 5.95 Å². The van der Waals surface area contributed by atoms with Crippen LogP contribution in [0.25, 0.3) is 0 Å². The zero-order chi connectivity index (χ0) is 15.5. The maximum absolute atomic E-state index is 11.6. The van der Waals surface area contributed by atoms with Gasteiger partial charge in [0.15, 0.2) is 0 Å². The molecule has 1 aromatic rings. The van der Waals surface area contributed by atoms with Gasteiger partial charge in [0, 0.05) is 13.2 Å². The van der Waals surface area contributed by atoms with Crippen LogP contribution in [0, 0.1) is 6.92 Å². The summed E-state index contributed by atoms with van der Waals surface area (Å²) in [6, 6.07) is 0. The Balaban J connectivity index is 3.09. The number of likely N-dealkylation sites (N-methyl/N-ethyl adjacent to an activating group) is 1. The lowest BCUT2D eigenvalue weighted by molar-refractivity contribution is -0.142. The van der Waals surface area contributed by atoms with Crippen LogP contribution in [0.1, 0.15) is 36.8 Å². The molecule has 0 fully saturated rings. The molecule has 0 bridgehead atoms. The van der Waals surface area contributed by atoms with Crippen molar-refractivity contribution in [2.24, 2.45) is 0 Å². The van der Waals surface area contributed by atoms with Gasteiger partial charge in [-0.1, -0.05) is 0 Å². The van der Waals surface area contributed by atoms with Crippen molar-refractivity contribution in [3.05, 3.63) is 17.5 Å². The number of carbonyl (C=O) groups excluding carboxylic acids is 1. The fraction of sp³-hybridized carbons (Fsp3) is 0.538. The van der Waals surface area contributed by atoms with Crippen molar-refractivity contribution < 1.29 is 19.4 Å². The van der Waals surface area contributed by atoms with E-state index in [2.05, 4.69) is 9.97 Å². The lowest BCUT2D eigenvalue weighted by atomic mass is 10.0. The highest BCUT2D eigenvalue weighted by Crippen LogP contribution is 2.20. The molecule has 0 aromatic carbocycles. The van der Waals surface area contributed by atoms with Crippen LogP contribution in [0.3, 0.4) is 0 Å². The monoisotopic (exact) mass is 281 g/mol. The number of rotatable bonds is 5. The van der Waals surface area contributed by atoms with E-state index in [0.717, 1.165) is 0 Å². The molecule has 0 radical (unpaired) electrons. The second-order valence-electron chi connectivity index (χ2n) is 4.81. The molecule has 20 heavy (non-hydrogen) atoms. The van der Waals surface area contributed by atoms with E-state index < -0.39 is 17.5 Å². The smallest absolute Gasteiger partial charge is 0.341 e. The summed E-state index contributed by atoms with van der Waals surface area (Å²) in [5.74, 6) is -1.24. The topological polar surface area (TPSA) is 92.6 Å². The van der Waals surface area contributed by atoms with Crippen LogP contribution < -0.4 is 4.90 Å². The molecule has 0 aliphatic rings. The summed E-state index contributed by atoms with van der Waals surface area (Å²) in [5.41, 5.74) is -0.434. The molecule has 7 nitrogen and oxygen atoms in total. The van der Waals surface area contributed by atoms with Gasteiger partial charge in [0.1, 0.15) is 5.54 Å². The van der Waals surface area contributed by atoms with Gasteiger partial charge >= 0.3 is 11.9 Å². The summed E-state index contributed by atoms with van der Waals surface area (Å²) in [5, 5.41) is 9.18. The number of carboxylic acids is 1. The number of hydrogen-bond donors (Lipinski definition) is 1. The standard InChI is InChI=1S/C13H19N3O4/c1-6-20-10(17)9-7-14-12(15-8(9)2)16(5)13(3,4)11(18)19/h7H,6H2,1-5H3,(H,18,19). The van der Waals surface area contributed by atoms with E-state index >= 15 is 0 Å². The third-order valence-corrected chi connectivity index (χ3v) is 3.12. The van der Waals surface area contributed by atoms with E-state index in [1.165, 1.54) is 11.1 Å². The summed E-state index contributed by atoms with van der Waals surface area (Å²) < 4.78 is 4.89.